The van der Waals surface area contributed by atoms with Gasteiger partial charge in [-0.15, -0.1) is 0 Å². The highest BCUT2D eigenvalue weighted by molar-refractivity contribution is 5.70. The van der Waals surface area contributed by atoms with E-state index in [2.05, 4.69) is 52.8 Å². The Balaban J connectivity index is 3.97. The molecule has 0 spiro atoms. The van der Waals surface area contributed by atoms with E-state index < -0.39 is 0 Å². The first-order valence-electron chi connectivity index (χ1n) is 9.13. The van der Waals surface area contributed by atoms with Crippen LogP contribution in [0.15, 0.2) is 47.3 Å². The zero-order valence-electron chi connectivity index (χ0n) is 16.5. The van der Waals surface area contributed by atoms with Crippen LogP contribution in [0.5, 0.6) is 0 Å². The Hall–Kier alpha value is -1.57. The van der Waals surface area contributed by atoms with Gasteiger partial charge in [-0.1, -0.05) is 48.8 Å². The monoisotopic (exact) mass is 332 g/mol. The van der Waals surface area contributed by atoms with Gasteiger partial charge in [-0.3, -0.25) is 4.79 Å². The lowest BCUT2D eigenvalue weighted by Crippen LogP contribution is -1.98. The summed E-state index contributed by atoms with van der Waals surface area (Å²) in [5.41, 5.74) is 3.82. The van der Waals surface area contributed by atoms with Crippen molar-refractivity contribution < 1.29 is 9.53 Å². The van der Waals surface area contributed by atoms with Crippen LogP contribution in [-0.2, 0) is 9.53 Å². The summed E-state index contributed by atoms with van der Waals surface area (Å²) in [6.45, 7) is 12.8. The maximum Gasteiger partial charge on any atom is 0.310 e. The van der Waals surface area contributed by atoms with Gasteiger partial charge in [0, 0.05) is 6.42 Å². The summed E-state index contributed by atoms with van der Waals surface area (Å²) in [5, 5.41) is 0. The maximum absolute atomic E-state index is 11.7. The number of ether oxygens (including phenoxy) is 1. The van der Waals surface area contributed by atoms with Gasteiger partial charge in [0.25, 0.3) is 0 Å². The summed E-state index contributed by atoms with van der Waals surface area (Å²) in [4.78, 5) is 11.7. The van der Waals surface area contributed by atoms with E-state index in [9.17, 15) is 4.79 Å². The van der Waals surface area contributed by atoms with Crippen LogP contribution in [0.3, 0.4) is 0 Å². The molecule has 0 rings (SSSR count). The molecule has 0 amide bonds. The van der Waals surface area contributed by atoms with Gasteiger partial charge in [0.15, 0.2) is 0 Å². The minimum Gasteiger partial charge on any atom is -0.434 e. The first-order chi connectivity index (χ1) is 11.3. The van der Waals surface area contributed by atoms with Gasteiger partial charge >= 0.3 is 5.97 Å². The highest BCUT2D eigenvalue weighted by atomic mass is 16.5. The second kappa shape index (κ2) is 13.8. The maximum atomic E-state index is 11.7. The van der Waals surface area contributed by atoms with E-state index in [0.29, 0.717) is 6.42 Å². The van der Waals surface area contributed by atoms with Crippen LogP contribution < -0.4 is 0 Å². The molecule has 0 aromatic carbocycles. The van der Waals surface area contributed by atoms with E-state index in [1.165, 1.54) is 23.8 Å². The Bertz CT molecular complexity index is 472. The third-order valence-electron chi connectivity index (χ3n) is 3.67. The molecular weight excluding hydrogens is 296 g/mol. The van der Waals surface area contributed by atoms with Crippen LogP contribution in [0.1, 0.15) is 80.1 Å². The lowest BCUT2D eigenvalue weighted by atomic mass is 10.1. The summed E-state index contributed by atoms with van der Waals surface area (Å²) in [6.07, 6.45) is 15.5. The second-order valence-electron chi connectivity index (χ2n) is 7.12. The summed E-state index contributed by atoms with van der Waals surface area (Å²) < 4.78 is 5.14. The molecule has 2 nitrogen and oxygen atoms in total. The lowest BCUT2D eigenvalue weighted by molar-refractivity contribution is -0.137. The highest BCUT2D eigenvalue weighted by Crippen LogP contribution is 2.09. The number of allylic oxidation sites excluding steroid dienone is 7. The van der Waals surface area contributed by atoms with Gasteiger partial charge < -0.3 is 4.74 Å². The third kappa shape index (κ3) is 15.3. The minimum atomic E-state index is -0.172. The molecule has 0 N–H and O–H groups in total. The van der Waals surface area contributed by atoms with Gasteiger partial charge in [0.05, 0.1) is 6.26 Å². The third-order valence-corrected chi connectivity index (χ3v) is 3.67. The van der Waals surface area contributed by atoms with Crippen molar-refractivity contribution in [2.75, 3.05) is 0 Å². The molecule has 0 unspecified atom stereocenters. The largest absolute Gasteiger partial charge is 0.434 e. The SMILES string of the molecule is CC(C)=CCC/C(C)=C/CCC(=O)OC=CC(C)=CCCC(C)C. The molecule has 0 bridgehead atoms. The van der Waals surface area contributed by atoms with Crippen molar-refractivity contribution in [3.8, 4) is 0 Å². The predicted molar refractivity (Wildman–Crippen MR) is 105 cm³/mol. The van der Waals surface area contributed by atoms with Crippen molar-refractivity contribution in [2.45, 2.75) is 80.1 Å². The normalized spacial score (nSPS) is 12.8. The van der Waals surface area contributed by atoms with Crippen LogP contribution >= 0.6 is 0 Å². The van der Waals surface area contributed by atoms with E-state index in [0.717, 1.165) is 37.2 Å². The molecule has 0 aromatic rings. The van der Waals surface area contributed by atoms with E-state index in [4.69, 9.17) is 4.74 Å². The summed E-state index contributed by atoms with van der Waals surface area (Å²) >= 11 is 0. The smallest absolute Gasteiger partial charge is 0.310 e. The average molecular weight is 333 g/mol. The Labute approximate surface area is 149 Å². The highest BCUT2D eigenvalue weighted by Gasteiger charge is 1.99. The summed E-state index contributed by atoms with van der Waals surface area (Å²) in [7, 11) is 0. The molecule has 0 aliphatic heterocycles. The number of esters is 1. The van der Waals surface area contributed by atoms with Crippen LogP contribution in [0.2, 0.25) is 0 Å². The van der Waals surface area contributed by atoms with E-state index in [1.807, 2.05) is 13.0 Å². The average Bonchev–Trinajstić information content (AvgIpc) is 2.46. The standard InChI is InChI=1S/C22H36O2/c1-18(2)10-7-12-20(5)14-9-15-22(23)24-17-16-21(6)13-8-11-19(3)4/h10,13-14,16-17,19H,7-9,11-12,15H2,1-6H3/b17-16?,20-14+,21-13?. The number of hydrogen-bond donors (Lipinski definition) is 0. The van der Waals surface area contributed by atoms with Crippen LogP contribution in [0.4, 0.5) is 0 Å². The van der Waals surface area contributed by atoms with Gasteiger partial charge in [-0.2, -0.15) is 0 Å². The Morgan fingerprint density at radius 2 is 1.58 bits per heavy atom. The Kier molecular flexibility index (Phi) is 12.9. The fourth-order valence-electron chi connectivity index (χ4n) is 2.12. The molecule has 24 heavy (non-hydrogen) atoms. The molecule has 0 heterocycles. The fraction of sp³-hybridized carbons (Fsp3) is 0.591. The molecule has 0 saturated heterocycles. The molecule has 2 heteroatoms. The molecule has 0 aliphatic carbocycles. The fourth-order valence-corrected chi connectivity index (χ4v) is 2.12. The number of carbonyl (C=O) groups excluding carboxylic acids is 1. The number of carbonyl (C=O) groups is 1. The van der Waals surface area contributed by atoms with Crippen LogP contribution in [-0.4, -0.2) is 5.97 Å². The van der Waals surface area contributed by atoms with Gasteiger partial charge in [-0.25, -0.2) is 0 Å². The zero-order chi connectivity index (χ0) is 18.4. The van der Waals surface area contributed by atoms with Crippen molar-refractivity contribution in [1.29, 1.82) is 0 Å². The summed E-state index contributed by atoms with van der Waals surface area (Å²) in [6, 6.07) is 0. The van der Waals surface area contributed by atoms with Crippen molar-refractivity contribution in [3.63, 3.8) is 0 Å². The number of hydrogen-bond acceptors (Lipinski definition) is 2. The first-order valence-corrected chi connectivity index (χ1v) is 9.13. The molecule has 136 valence electrons. The van der Waals surface area contributed by atoms with Crippen LogP contribution in [0, 0.1) is 5.92 Å². The first kappa shape index (κ1) is 22.4. The van der Waals surface area contributed by atoms with Crippen molar-refractivity contribution in [2.24, 2.45) is 5.92 Å². The van der Waals surface area contributed by atoms with Crippen molar-refractivity contribution >= 4 is 5.97 Å². The quantitative estimate of drug-likeness (QED) is 0.178. The van der Waals surface area contributed by atoms with Crippen molar-refractivity contribution in [3.05, 3.63) is 47.3 Å². The lowest BCUT2D eigenvalue weighted by Gasteiger charge is -2.01. The molecule has 0 saturated carbocycles. The van der Waals surface area contributed by atoms with E-state index in [1.54, 1.807) is 0 Å². The minimum absolute atomic E-state index is 0.172. The Morgan fingerprint density at radius 3 is 2.21 bits per heavy atom. The zero-order valence-corrected chi connectivity index (χ0v) is 16.5. The van der Waals surface area contributed by atoms with Crippen molar-refractivity contribution in [1.82, 2.24) is 0 Å². The molecule has 0 fully saturated rings. The second-order valence-corrected chi connectivity index (χ2v) is 7.12. The molecule has 0 aliphatic rings. The molecule has 0 aromatic heterocycles. The topological polar surface area (TPSA) is 26.3 Å². The molecular formula is C22H36O2. The molecule has 0 atom stereocenters. The number of rotatable bonds is 11. The van der Waals surface area contributed by atoms with Gasteiger partial charge in [0.1, 0.15) is 0 Å². The van der Waals surface area contributed by atoms with E-state index >= 15 is 0 Å². The predicted octanol–water partition coefficient (Wildman–Crippen LogP) is 6.90. The van der Waals surface area contributed by atoms with Gasteiger partial charge in [-0.05, 0) is 71.8 Å². The molecule has 0 radical (unpaired) electrons. The summed E-state index contributed by atoms with van der Waals surface area (Å²) in [5.74, 6) is 0.545. The van der Waals surface area contributed by atoms with Gasteiger partial charge in [0.2, 0.25) is 0 Å². The van der Waals surface area contributed by atoms with Crippen LogP contribution in [0.25, 0.3) is 0 Å². The Morgan fingerprint density at radius 1 is 0.917 bits per heavy atom. The van der Waals surface area contributed by atoms with E-state index in [-0.39, 0.29) is 5.97 Å².